The summed E-state index contributed by atoms with van der Waals surface area (Å²) in [5.74, 6) is 0.276. The highest BCUT2D eigenvalue weighted by molar-refractivity contribution is 6.39. The minimum Gasteiger partial charge on any atom is -0.475 e. The number of nitrogen functional groups attached to an aromatic ring is 1. The summed E-state index contributed by atoms with van der Waals surface area (Å²) >= 11 is 12.6. The third kappa shape index (κ3) is 4.06. The van der Waals surface area contributed by atoms with Crippen LogP contribution in [0.1, 0.15) is 13.3 Å². The fraction of sp³-hybridized carbons (Fsp3) is 0.316. The van der Waals surface area contributed by atoms with E-state index < -0.39 is 0 Å². The molecule has 0 unspecified atom stereocenters. The molecule has 0 bridgehead atoms. The normalized spacial score (nSPS) is 11.1. The Morgan fingerprint density at radius 2 is 1.86 bits per heavy atom. The number of benzene rings is 1. The van der Waals surface area contributed by atoms with Gasteiger partial charge in [0.1, 0.15) is 6.61 Å². The Bertz CT molecular complexity index is 1050. The molecule has 0 spiro atoms. The van der Waals surface area contributed by atoms with Gasteiger partial charge in [-0.15, -0.1) is 0 Å². The van der Waals surface area contributed by atoms with Crippen LogP contribution in [0.2, 0.25) is 10.0 Å². The van der Waals surface area contributed by atoms with E-state index in [9.17, 15) is 4.79 Å². The molecule has 1 aromatic carbocycles. The molecule has 0 saturated heterocycles. The van der Waals surface area contributed by atoms with E-state index in [0.717, 1.165) is 6.42 Å². The molecule has 0 aliphatic rings. The molecule has 148 valence electrons. The molecule has 2 aromatic heterocycles. The van der Waals surface area contributed by atoms with E-state index >= 15 is 0 Å². The summed E-state index contributed by atoms with van der Waals surface area (Å²) in [4.78, 5) is 21.3. The fourth-order valence-electron chi connectivity index (χ4n) is 2.81. The second-order valence-electron chi connectivity index (χ2n) is 6.10. The zero-order chi connectivity index (χ0) is 20.3. The van der Waals surface area contributed by atoms with E-state index in [-0.39, 0.29) is 24.0 Å². The van der Waals surface area contributed by atoms with Crippen LogP contribution < -0.4 is 16.0 Å². The van der Waals surface area contributed by atoms with Gasteiger partial charge in [-0.3, -0.25) is 9.36 Å². The number of pyridine rings is 1. The van der Waals surface area contributed by atoms with Crippen molar-refractivity contribution in [2.45, 2.75) is 13.3 Å². The van der Waals surface area contributed by atoms with Gasteiger partial charge >= 0.3 is 0 Å². The summed E-state index contributed by atoms with van der Waals surface area (Å²) in [5, 5.41) is 1.27. The number of ether oxygens (including phenoxy) is 2. The molecule has 9 heteroatoms. The summed E-state index contributed by atoms with van der Waals surface area (Å²) in [6.07, 6.45) is 0.924. The van der Waals surface area contributed by atoms with Gasteiger partial charge in [0.05, 0.1) is 27.6 Å². The van der Waals surface area contributed by atoms with Crippen LogP contribution in [0.4, 0.5) is 5.95 Å². The zero-order valence-electron chi connectivity index (χ0n) is 15.5. The highest BCUT2D eigenvalue weighted by Gasteiger charge is 2.18. The first-order valence-corrected chi connectivity index (χ1v) is 9.51. The highest BCUT2D eigenvalue weighted by atomic mass is 35.5. The van der Waals surface area contributed by atoms with Crippen molar-refractivity contribution in [2.75, 3.05) is 25.6 Å². The number of aromatic nitrogens is 3. The van der Waals surface area contributed by atoms with Gasteiger partial charge < -0.3 is 15.2 Å². The molecule has 7 nitrogen and oxygen atoms in total. The summed E-state index contributed by atoms with van der Waals surface area (Å²) in [7, 11) is 1.60. The van der Waals surface area contributed by atoms with Gasteiger partial charge in [-0.2, -0.15) is 9.97 Å². The molecule has 0 saturated carbocycles. The molecule has 0 amide bonds. The summed E-state index contributed by atoms with van der Waals surface area (Å²) in [5.41, 5.74) is 6.62. The average molecular weight is 423 g/mol. The topological polar surface area (TPSA) is 92.3 Å². The van der Waals surface area contributed by atoms with Gasteiger partial charge in [0.15, 0.2) is 5.65 Å². The first kappa shape index (κ1) is 20.4. The molecule has 0 atom stereocenters. The second kappa shape index (κ2) is 8.77. The van der Waals surface area contributed by atoms with Gasteiger partial charge in [0, 0.05) is 19.2 Å². The van der Waals surface area contributed by atoms with Crippen LogP contribution in [0.5, 0.6) is 5.88 Å². The highest BCUT2D eigenvalue weighted by Crippen LogP contribution is 2.35. The van der Waals surface area contributed by atoms with Gasteiger partial charge in [-0.25, -0.2) is 0 Å². The Labute approximate surface area is 172 Å². The Kier molecular flexibility index (Phi) is 6.39. The number of fused-ring (bicyclic) bond motifs is 1. The third-order valence-electron chi connectivity index (χ3n) is 4.10. The molecule has 2 heterocycles. The lowest BCUT2D eigenvalue weighted by Gasteiger charge is -2.14. The van der Waals surface area contributed by atoms with Crippen molar-refractivity contribution >= 4 is 40.2 Å². The monoisotopic (exact) mass is 422 g/mol. The fourth-order valence-corrected chi connectivity index (χ4v) is 3.41. The molecule has 3 rings (SSSR count). The average Bonchev–Trinajstić information content (AvgIpc) is 2.66. The Balaban J connectivity index is 2.13. The Hall–Kier alpha value is -2.35. The predicted octanol–water partition coefficient (Wildman–Crippen LogP) is 3.69. The van der Waals surface area contributed by atoms with Gasteiger partial charge in [0.2, 0.25) is 11.8 Å². The number of aryl methyl sites for hydroxylation is 1. The number of anilines is 1. The Morgan fingerprint density at radius 3 is 2.54 bits per heavy atom. The van der Waals surface area contributed by atoms with Crippen LogP contribution in [0.25, 0.3) is 22.2 Å². The molecule has 0 radical (unpaired) electrons. The molecule has 2 N–H and O–H groups in total. The number of halogens is 2. The van der Waals surface area contributed by atoms with Crippen molar-refractivity contribution in [1.29, 1.82) is 0 Å². The van der Waals surface area contributed by atoms with Crippen LogP contribution in [0.3, 0.4) is 0 Å². The third-order valence-corrected chi connectivity index (χ3v) is 4.73. The van der Waals surface area contributed by atoms with E-state index in [1.807, 2.05) is 6.92 Å². The van der Waals surface area contributed by atoms with Crippen molar-refractivity contribution in [1.82, 2.24) is 14.5 Å². The van der Waals surface area contributed by atoms with Crippen molar-refractivity contribution in [3.63, 3.8) is 0 Å². The number of hydrogen-bond donors (Lipinski definition) is 1. The van der Waals surface area contributed by atoms with E-state index in [2.05, 4.69) is 9.97 Å². The van der Waals surface area contributed by atoms with Crippen molar-refractivity contribution in [3.8, 4) is 17.0 Å². The first-order chi connectivity index (χ1) is 13.4. The summed E-state index contributed by atoms with van der Waals surface area (Å²) in [6.45, 7) is 3.38. The van der Waals surface area contributed by atoms with Crippen molar-refractivity contribution in [3.05, 3.63) is 44.7 Å². The number of hydrogen-bond acceptors (Lipinski definition) is 6. The van der Waals surface area contributed by atoms with E-state index in [1.54, 1.807) is 31.3 Å². The summed E-state index contributed by atoms with van der Waals surface area (Å²) < 4.78 is 12.6. The smallest absolute Gasteiger partial charge is 0.259 e. The maximum atomic E-state index is 12.9. The van der Waals surface area contributed by atoms with Crippen LogP contribution in [0, 0.1) is 0 Å². The standard InChI is InChI=1S/C19H20Cl2N4O3/c1-3-7-27-8-9-28-17-12-10-11(15-13(20)5-4-6-14(15)21)18(26)25(2)16(12)23-19(22)24-17/h4-6,10H,3,7-9H2,1-2H3,(H2,22,23,24). The van der Waals surface area contributed by atoms with Crippen LogP contribution >= 0.6 is 23.2 Å². The molecule has 28 heavy (non-hydrogen) atoms. The SMILES string of the molecule is CCCOCCOc1nc(N)nc2c1cc(-c1c(Cl)cccc1Cl)c(=O)n2C. The largest absolute Gasteiger partial charge is 0.475 e. The molecule has 3 aromatic rings. The first-order valence-electron chi connectivity index (χ1n) is 8.76. The van der Waals surface area contributed by atoms with Gasteiger partial charge in [-0.05, 0) is 24.6 Å². The lowest BCUT2D eigenvalue weighted by atomic mass is 10.1. The van der Waals surface area contributed by atoms with Gasteiger partial charge in [0.25, 0.3) is 5.56 Å². The van der Waals surface area contributed by atoms with Crippen molar-refractivity contribution < 1.29 is 9.47 Å². The maximum Gasteiger partial charge on any atom is 0.259 e. The number of nitrogens with zero attached hydrogens (tertiary/aromatic N) is 3. The summed E-state index contributed by atoms with van der Waals surface area (Å²) in [6, 6.07) is 6.70. The molecule has 0 fully saturated rings. The predicted molar refractivity (Wildman–Crippen MR) is 111 cm³/mol. The zero-order valence-corrected chi connectivity index (χ0v) is 17.0. The molecule has 0 aliphatic heterocycles. The minimum absolute atomic E-state index is 0.00972. The van der Waals surface area contributed by atoms with Gasteiger partial charge in [-0.1, -0.05) is 36.2 Å². The number of nitrogens with two attached hydrogens (primary N) is 1. The number of rotatable bonds is 7. The van der Waals surface area contributed by atoms with Crippen molar-refractivity contribution in [2.24, 2.45) is 7.05 Å². The molecular weight excluding hydrogens is 403 g/mol. The van der Waals surface area contributed by atoms with E-state index in [0.29, 0.717) is 45.4 Å². The Morgan fingerprint density at radius 1 is 1.14 bits per heavy atom. The van der Waals surface area contributed by atoms with Crippen LogP contribution in [-0.2, 0) is 11.8 Å². The lowest BCUT2D eigenvalue weighted by molar-refractivity contribution is 0.0996. The maximum absolute atomic E-state index is 12.9. The second-order valence-corrected chi connectivity index (χ2v) is 6.92. The quantitative estimate of drug-likeness (QED) is 0.583. The minimum atomic E-state index is -0.308. The van der Waals surface area contributed by atoms with E-state index in [1.165, 1.54) is 4.57 Å². The molecular formula is C19H20Cl2N4O3. The van der Waals surface area contributed by atoms with Crippen LogP contribution in [0.15, 0.2) is 29.1 Å². The van der Waals surface area contributed by atoms with Crippen LogP contribution in [-0.4, -0.2) is 34.4 Å². The van der Waals surface area contributed by atoms with E-state index in [4.69, 9.17) is 38.4 Å². The molecule has 0 aliphatic carbocycles. The lowest BCUT2D eigenvalue weighted by Crippen LogP contribution is -2.21.